The molecule has 0 unspecified atom stereocenters. The van der Waals surface area contributed by atoms with E-state index < -0.39 is 10.0 Å². The molecule has 0 atom stereocenters. The predicted molar refractivity (Wildman–Crippen MR) is 115 cm³/mol. The van der Waals surface area contributed by atoms with E-state index >= 15 is 0 Å². The second kappa shape index (κ2) is 8.10. The van der Waals surface area contributed by atoms with Crippen molar-refractivity contribution in [1.29, 1.82) is 0 Å². The predicted octanol–water partition coefficient (Wildman–Crippen LogP) is 3.32. The van der Waals surface area contributed by atoms with Crippen molar-refractivity contribution in [2.24, 2.45) is 0 Å². The molecular formula is C19H19N5O3S2. The van der Waals surface area contributed by atoms with Crippen LogP contribution in [0.5, 0.6) is 5.75 Å². The normalized spacial score (nSPS) is 11.5. The van der Waals surface area contributed by atoms with Crippen molar-refractivity contribution in [3.05, 3.63) is 60.8 Å². The molecule has 0 aliphatic carbocycles. The lowest BCUT2D eigenvalue weighted by molar-refractivity contribution is 0.333. The summed E-state index contributed by atoms with van der Waals surface area (Å²) in [5.74, 6) is 0.834. The lowest BCUT2D eigenvalue weighted by atomic mass is 10.1. The molecule has 4 aromatic rings. The molecule has 0 spiro atoms. The number of anilines is 2. The van der Waals surface area contributed by atoms with Gasteiger partial charge in [0.2, 0.25) is 20.1 Å². The maximum absolute atomic E-state index is 11.4. The van der Waals surface area contributed by atoms with Crippen LogP contribution in [0.4, 0.5) is 10.8 Å². The first-order valence-electron chi connectivity index (χ1n) is 8.82. The van der Waals surface area contributed by atoms with Crippen LogP contribution in [-0.4, -0.2) is 42.4 Å². The molecule has 2 N–H and O–H groups in total. The van der Waals surface area contributed by atoms with E-state index in [1.807, 2.05) is 42.6 Å². The van der Waals surface area contributed by atoms with Gasteiger partial charge in [0.15, 0.2) is 0 Å². The van der Waals surface area contributed by atoms with Gasteiger partial charge in [-0.25, -0.2) is 17.9 Å². The Kier molecular flexibility index (Phi) is 5.36. The van der Waals surface area contributed by atoms with E-state index in [9.17, 15) is 8.42 Å². The van der Waals surface area contributed by atoms with Crippen molar-refractivity contribution in [2.75, 3.05) is 29.4 Å². The fraction of sp³-hybridized carbons (Fsp3) is 0.158. The van der Waals surface area contributed by atoms with Gasteiger partial charge >= 0.3 is 0 Å². The van der Waals surface area contributed by atoms with Gasteiger partial charge < -0.3 is 10.1 Å². The van der Waals surface area contributed by atoms with E-state index in [0.29, 0.717) is 18.8 Å². The van der Waals surface area contributed by atoms with Crippen LogP contribution in [0.1, 0.15) is 0 Å². The van der Waals surface area contributed by atoms with E-state index in [-0.39, 0.29) is 0 Å². The molecule has 0 aliphatic heterocycles. The summed E-state index contributed by atoms with van der Waals surface area (Å²) in [6.45, 7) is 1.15. The Morgan fingerprint density at radius 2 is 1.97 bits per heavy atom. The van der Waals surface area contributed by atoms with E-state index in [0.717, 1.165) is 33.4 Å². The van der Waals surface area contributed by atoms with E-state index in [4.69, 9.17) is 4.74 Å². The number of nitrogens with one attached hydrogen (secondary N) is 2. The number of hydrogen-bond acceptors (Lipinski definition) is 7. The Morgan fingerprint density at radius 1 is 1.14 bits per heavy atom. The van der Waals surface area contributed by atoms with Gasteiger partial charge in [0.05, 0.1) is 24.7 Å². The minimum Gasteiger partial charge on any atom is -0.492 e. The number of aromatic nitrogens is 3. The first-order valence-corrected chi connectivity index (χ1v) is 11.5. The SMILES string of the molecule is CS(=O)(=O)Nc1cccc(-c2cn3nc(NCCOc4ccccc4)sc3n2)c1. The monoisotopic (exact) mass is 429 g/mol. The number of ether oxygens (including phenoxy) is 1. The number of nitrogens with zero attached hydrogens (tertiary/aromatic N) is 3. The van der Waals surface area contributed by atoms with Gasteiger partial charge in [-0.05, 0) is 24.3 Å². The summed E-state index contributed by atoms with van der Waals surface area (Å²) in [5.41, 5.74) is 2.03. The maximum Gasteiger partial charge on any atom is 0.229 e. The van der Waals surface area contributed by atoms with Crippen LogP contribution in [-0.2, 0) is 10.0 Å². The summed E-state index contributed by atoms with van der Waals surface area (Å²) in [7, 11) is -3.33. The third kappa shape index (κ3) is 5.04. The highest BCUT2D eigenvalue weighted by atomic mass is 32.2. The molecule has 8 nitrogen and oxygen atoms in total. The van der Waals surface area contributed by atoms with E-state index in [1.54, 1.807) is 22.7 Å². The summed E-state index contributed by atoms with van der Waals surface area (Å²) in [6, 6.07) is 16.7. The first-order chi connectivity index (χ1) is 14.0. The average Bonchev–Trinajstić information content (AvgIpc) is 3.24. The molecule has 2 heterocycles. The Morgan fingerprint density at radius 3 is 2.72 bits per heavy atom. The maximum atomic E-state index is 11.4. The third-order valence-corrected chi connectivity index (χ3v) is 5.38. The van der Waals surface area contributed by atoms with E-state index in [1.165, 1.54) is 11.3 Å². The first kappa shape index (κ1) is 19.2. The molecule has 0 saturated heterocycles. The molecule has 150 valence electrons. The van der Waals surface area contributed by atoms with Crippen LogP contribution < -0.4 is 14.8 Å². The molecular weight excluding hydrogens is 410 g/mol. The van der Waals surface area contributed by atoms with Crippen molar-refractivity contribution >= 4 is 37.1 Å². The highest BCUT2D eigenvalue weighted by Crippen LogP contribution is 2.26. The number of benzene rings is 2. The van der Waals surface area contributed by atoms with Crippen LogP contribution in [0, 0.1) is 0 Å². The smallest absolute Gasteiger partial charge is 0.229 e. The summed E-state index contributed by atoms with van der Waals surface area (Å²) in [4.78, 5) is 5.33. The molecule has 0 aliphatic rings. The second-order valence-electron chi connectivity index (χ2n) is 6.30. The van der Waals surface area contributed by atoms with Crippen LogP contribution in [0.3, 0.4) is 0 Å². The minimum atomic E-state index is -3.33. The van der Waals surface area contributed by atoms with Gasteiger partial charge in [-0.1, -0.05) is 41.7 Å². The van der Waals surface area contributed by atoms with Gasteiger partial charge in [-0.3, -0.25) is 4.72 Å². The second-order valence-corrected chi connectivity index (χ2v) is 9.01. The molecule has 10 heteroatoms. The standard InChI is InChI=1S/C19H19N5O3S2/c1-29(25,26)23-15-7-5-6-14(12-15)17-13-24-19(21-17)28-18(22-24)20-10-11-27-16-8-3-2-4-9-16/h2-9,12-13,23H,10-11H2,1H3,(H,20,22). The fourth-order valence-corrected chi connectivity index (χ4v) is 4.07. The molecule has 0 saturated carbocycles. The largest absolute Gasteiger partial charge is 0.492 e. The van der Waals surface area contributed by atoms with Crippen molar-refractivity contribution in [3.63, 3.8) is 0 Å². The number of fused-ring (bicyclic) bond motifs is 1. The van der Waals surface area contributed by atoms with Crippen molar-refractivity contribution < 1.29 is 13.2 Å². The Balaban J connectivity index is 1.40. The molecule has 2 aromatic carbocycles. The molecule has 0 fully saturated rings. The Hall–Kier alpha value is -3.11. The zero-order valence-electron chi connectivity index (χ0n) is 15.6. The topological polar surface area (TPSA) is 97.6 Å². The van der Waals surface area contributed by atoms with Gasteiger partial charge in [0.25, 0.3) is 0 Å². The molecule has 29 heavy (non-hydrogen) atoms. The zero-order chi connectivity index (χ0) is 20.3. The summed E-state index contributed by atoms with van der Waals surface area (Å²) in [5, 5.41) is 8.46. The average molecular weight is 430 g/mol. The van der Waals surface area contributed by atoms with Crippen molar-refractivity contribution in [1.82, 2.24) is 14.6 Å². The van der Waals surface area contributed by atoms with Crippen LogP contribution in [0.15, 0.2) is 60.8 Å². The highest BCUT2D eigenvalue weighted by Gasteiger charge is 2.11. The van der Waals surface area contributed by atoms with Crippen LogP contribution in [0.2, 0.25) is 0 Å². The van der Waals surface area contributed by atoms with Crippen LogP contribution in [0.25, 0.3) is 16.2 Å². The quantitative estimate of drug-likeness (QED) is 0.417. The number of para-hydroxylation sites is 1. The van der Waals surface area contributed by atoms with Gasteiger partial charge in [0, 0.05) is 11.3 Å². The molecule has 2 aromatic heterocycles. The van der Waals surface area contributed by atoms with Gasteiger partial charge in [-0.15, -0.1) is 5.10 Å². The van der Waals surface area contributed by atoms with Crippen LogP contribution >= 0.6 is 11.3 Å². The summed E-state index contributed by atoms with van der Waals surface area (Å²) >= 11 is 1.44. The minimum absolute atomic E-state index is 0.495. The molecule has 0 bridgehead atoms. The number of hydrogen-bond donors (Lipinski definition) is 2. The Bertz CT molecular complexity index is 1190. The molecule has 0 amide bonds. The van der Waals surface area contributed by atoms with Gasteiger partial charge in [-0.2, -0.15) is 0 Å². The number of rotatable bonds is 8. The zero-order valence-corrected chi connectivity index (χ0v) is 17.2. The number of sulfonamides is 1. The highest BCUT2D eigenvalue weighted by molar-refractivity contribution is 7.92. The molecule has 0 radical (unpaired) electrons. The molecule has 4 rings (SSSR count). The summed E-state index contributed by atoms with van der Waals surface area (Å²) < 4.78 is 32.7. The summed E-state index contributed by atoms with van der Waals surface area (Å²) in [6.07, 6.45) is 2.94. The lowest BCUT2D eigenvalue weighted by Gasteiger charge is -2.06. The van der Waals surface area contributed by atoms with Crippen molar-refractivity contribution in [3.8, 4) is 17.0 Å². The Labute approximate surface area is 172 Å². The van der Waals surface area contributed by atoms with Gasteiger partial charge in [0.1, 0.15) is 12.4 Å². The fourth-order valence-electron chi connectivity index (χ4n) is 2.71. The van der Waals surface area contributed by atoms with E-state index in [2.05, 4.69) is 20.1 Å². The van der Waals surface area contributed by atoms with Crippen molar-refractivity contribution in [2.45, 2.75) is 0 Å². The number of imidazole rings is 1. The third-order valence-electron chi connectivity index (χ3n) is 3.89. The lowest BCUT2D eigenvalue weighted by Crippen LogP contribution is -2.11.